The average Bonchev–Trinajstić information content (AvgIpc) is 3.07. The Kier molecular flexibility index (Phi) is 4.02. The fraction of sp³-hybridized carbons (Fsp3) is 0.130. The number of nitriles is 1. The minimum absolute atomic E-state index is 0.240. The van der Waals surface area contributed by atoms with Crippen molar-refractivity contribution in [3.63, 3.8) is 0 Å². The number of hydrogen-bond donors (Lipinski definition) is 0. The number of benzene rings is 2. The highest BCUT2D eigenvalue weighted by Crippen LogP contribution is 2.31. The van der Waals surface area contributed by atoms with Gasteiger partial charge in [0.05, 0.1) is 23.4 Å². The molecule has 4 aromatic rings. The van der Waals surface area contributed by atoms with Crippen LogP contribution in [0.4, 0.5) is 0 Å². The van der Waals surface area contributed by atoms with E-state index >= 15 is 0 Å². The highest BCUT2D eigenvalue weighted by molar-refractivity contribution is 5.72. The second-order valence-electron chi connectivity index (χ2n) is 6.57. The largest absolute Gasteiger partial charge is 0.302 e. The van der Waals surface area contributed by atoms with Gasteiger partial charge < -0.3 is 4.40 Å². The van der Waals surface area contributed by atoms with Gasteiger partial charge in [0.15, 0.2) is 0 Å². The van der Waals surface area contributed by atoms with E-state index in [9.17, 15) is 5.26 Å². The molecule has 1 unspecified atom stereocenters. The summed E-state index contributed by atoms with van der Waals surface area (Å²) in [7, 11) is 0. The first kappa shape index (κ1) is 16.1. The van der Waals surface area contributed by atoms with Crippen LogP contribution in [-0.2, 0) is 0 Å². The Bertz CT molecular complexity index is 1100. The van der Waals surface area contributed by atoms with Gasteiger partial charge in [-0.3, -0.25) is 0 Å². The van der Waals surface area contributed by atoms with E-state index in [1.807, 2.05) is 47.9 Å². The van der Waals surface area contributed by atoms with Crippen molar-refractivity contribution in [2.75, 3.05) is 0 Å². The van der Waals surface area contributed by atoms with Crippen LogP contribution < -0.4 is 0 Å². The molecule has 0 bridgehead atoms. The Morgan fingerprint density at radius 1 is 0.885 bits per heavy atom. The van der Waals surface area contributed by atoms with Gasteiger partial charge in [-0.15, -0.1) is 0 Å². The molecule has 2 aromatic carbocycles. The van der Waals surface area contributed by atoms with Crippen LogP contribution >= 0.6 is 0 Å². The first-order valence-electron chi connectivity index (χ1n) is 8.71. The predicted octanol–water partition coefficient (Wildman–Crippen LogP) is 5.60. The molecular weight excluding hydrogens is 318 g/mol. The maximum absolute atomic E-state index is 9.51. The van der Waals surface area contributed by atoms with E-state index < -0.39 is 0 Å². The number of imidazole rings is 1. The normalized spacial score (nSPS) is 12.0. The fourth-order valence-electron chi connectivity index (χ4n) is 3.31. The molecule has 26 heavy (non-hydrogen) atoms. The van der Waals surface area contributed by atoms with Gasteiger partial charge in [-0.25, -0.2) is 4.98 Å². The van der Waals surface area contributed by atoms with Crippen LogP contribution in [0.3, 0.4) is 0 Å². The molecule has 2 aromatic heterocycles. The third-order valence-electron chi connectivity index (χ3n) is 4.67. The maximum Gasteiger partial charge on any atom is 0.137 e. The molecule has 0 aliphatic heterocycles. The Morgan fingerprint density at radius 2 is 1.54 bits per heavy atom. The molecule has 0 fully saturated rings. The summed E-state index contributed by atoms with van der Waals surface area (Å²) in [5, 5.41) is 9.51. The Labute approximate surface area is 153 Å². The molecule has 0 saturated heterocycles. The molecule has 0 N–H and O–H groups in total. The zero-order chi connectivity index (χ0) is 18.1. The number of hydrogen-bond acceptors (Lipinski definition) is 2. The highest BCUT2D eigenvalue weighted by atomic mass is 15.0. The first-order chi connectivity index (χ1) is 12.7. The van der Waals surface area contributed by atoms with Gasteiger partial charge in [0.1, 0.15) is 5.65 Å². The lowest BCUT2D eigenvalue weighted by Gasteiger charge is -2.08. The monoisotopic (exact) mass is 337 g/mol. The van der Waals surface area contributed by atoms with E-state index in [1.165, 1.54) is 11.1 Å². The summed E-state index contributed by atoms with van der Waals surface area (Å²) in [5.74, 6) is -0.240. The van der Waals surface area contributed by atoms with Crippen LogP contribution in [0.5, 0.6) is 0 Å². The number of pyridine rings is 1. The molecule has 126 valence electrons. The van der Waals surface area contributed by atoms with E-state index in [-0.39, 0.29) is 5.92 Å². The number of rotatable bonds is 3. The Hall–Kier alpha value is -3.38. The van der Waals surface area contributed by atoms with Gasteiger partial charge in [0.25, 0.3) is 0 Å². The topological polar surface area (TPSA) is 41.1 Å². The highest BCUT2D eigenvalue weighted by Gasteiger charge is 2.19. The van der Waals surface area contributed by atoms with Crippen molar-refractivity contribution >= 4 is 5.65 Å². The molecule has 3 nitrogen and oxygen atoms in total. The standard InChI is InChI=1S/C23H19N3/c1-16-8-13-21-25-22(23(17(2)14-24)26(21)15-16)20-11-9-19(10-12-20)18-6-4-3-5-7-18/h3-13,15,17H,1-2H3. The SMILES string of the molecule is Cc1ccc2nc(-c3ccc(-c4ccccc4)cc3)c(C(C)C#N)n2c1. The third kappa shape index (κ3) is 2.76. The molecular formula is C23H19N3. The van der Waals surface area contributed by atoms with Crippen molar-refractivity contribution in [3.8, 4) is 28.5 Å². The minimum Gasteiger partial charge on any atom is -0.302 e. The Balaban J connectivity index is 1.85. The summed E-state index contributed by atoms with van der Waals surface area (Å²) in [4.78, 5) is 4.81. The number of fused-ring (bicyclic) bond motifs is 1. The lowest BCUT2D eigenvalue weighted by Crippen LogP contribution is -1.99. The smallest absolute Gasteiger partial charge is 0.137 e. The fourth-order valence-corrected chi connectivity index (χ4v) is 3.31. The van der Waals surface area contributed by atoms with Crippen LogP contribution in [0.25, 0.3) is 28.0 Å². The van der Waals surface area contributed by atoms with E-state index in [1.54, 1.807) is 0 Å². The van der Waals surface area contributed by atoms with E-state index in [2.05, 4.69) is 49.4 Å². The lowest BCUT2D eigenvalue weighted by atomic mass is 9.99. The van der Waals surface area contributed by atoms with Gasteiger partial charge in [-0.05, 0) is 36.6 Å². The zero-order valence-corrected chi connectivity index (χ0v) is 14.8. The average molecular weight is 337 g/mol. The number of aryl methyl sites for hydroxylation is 1. The molecule has 0 aliphatic rings. The van der Waals surface area contributed by atoms with Crippen LogP contribution in [0.15, 0.2) is 72.9 Å². The van der Waals surface area contributed by atoms with E-state index in [0.717, 1.165) is 28.2 Å². The van der Waals surface area contributed by atoms with Crippen molar-refractivity contribution in [1.29, 1.82) is 5.26 Å². The number of aromatic nitrogens is 2. The van der Waals surface area contributed by atoms with Crippen molar-refractivity contribution in [3.05, 3.63) is 84.2 Å². The molecule has 0 spiro atoms. The molecule has 0 amide bonds. The molecule has 0 aliphatic carbocycles. The minimum atomic E-state index is -0.240. The van der Waals surface area contributed by atoms with Gasteiger partial charge >= 0.3 is 0 Å². The van der Waals surface area contributed by atoms with E-state index in [4.69, 9.17) is 4.98 Å². The van der Waals surface area contributed by atoms with E-state index in [0.29, 0.717) is 0 Å². The second-order valence-corrected chi connectivity index (χ2v) is 6.57. The van der Waals surface area contributed by atoms with Crippen molar-refractivity contribution in [1.82, 2.24) is 9.38 Å². The predicted molar refractivity (Wildman–Crippen MR) is 105 cm³/mol. The van der Waals surface area contributed by atoms with Crippen molar-refractivity contribution in [2.24, 2.45) is 0 Å². The van der Waals surface area contributed by atoms with Gasteiger partial charge in [-0.1, -0.05) is 60.7 Å². The lowest BCUT2D eigenvalue weighted by molar-refractivity contribution is 0.897. The zero-order valence-electron chi connectivity index (χ0n) is 14.8. The van der Waals surface area contributed by atoms with Crippen molar-refractivity contribution in [2.45, 2.75) is 19.8 Å². The third-order valence-corrected chi connectivity index (χ3v) is 4.67. The molecule has 0 radical (unpaired) electrons. The van der Waals surface area contributed by atoms with Crippen LogP contribution in [0, 0.1) is 18.3 Å². The number of nitrogens with zero attached hydrogens (tertiary/aromatic N) is 3. The summed E-state index contributed by atoms with van der Waals surface area (Å²) < 4.78 is 2.05. The summed E-state index contributed by atoms with van der Waals surface area (Å²) in [6.45, 7) is 3.97. The Morgan fingerprint density at radius 3 is 2.23 bits per heavy atom. The van der Waals surface area contributed by atoms with Crippen LogP contribution in [0.2, 0.25) is 0 Å². The molecule has 3 heteroatoms. The molecule has 4 rings (SSSR count). The van der Waals surface area contributed by atoms with Gasteiger partial charge in [0, 0.05) is 11.8 Å². The van der Waals surface area contributed by atoms with Crippen LogP contribution in [0.1, 0.15) is 24.1 Å². The van der Waals surface area contributed by atoms with Gasteiger partial charge in [-0.2, -0.15) is 5.26 Å². The summed E-state index contributed by atoms with van der Waals surface area (Å²) >= 11 is 0. The quantitative estimate of drug-likeness (QED) is 0.488. The molecule has 2 heterocycles. The van der Waals surface area contributed by atoms with Crippen LogP contribution in [-0.4, -0.2) is 9.38 Å². The summed E-state index contributed by atoms with van der Waals surface area (Å²) in [6.07, 6.45) is 2.05. The van der Waals surface area contributed by atoms with Crippen molar-refractivity contribution < 1.29 is 0 Å². The first-order valence-corrected chi connectivity index (χ1v) is 8.71. The molecule has 1 atom stereocenters. The van der Waals surface area contributed by atoms with Gasteiger partial charge in [0.2, 0.25) is 0 Å². The summed E-state index contributed by atoms with van der Waals surface area (Å²) in [6, 6.07) is 25.1. The second kappa shape index (κ2) is 6.50. The summed E-state index contributed by atoms with van der Waals surface area (Å²) in [5.41, 5.74) is 7.23. The molecule has 0 saturated carbocycles. The maximum atomic E-state index is 9.51.